The molecule has 1 aromatic carbocycles. The number of carbonyl (C=O) groups is 2. The van der Waals surface area contributed by atoms with Crippen LogP contribution in [0, 0.1) is 5.82 Å². The van der Waals surface area contributed by atoms with Crippen molar-refractivity contribution >= 4 is 23.4 Å². The highest BCUT2D eigenvalue weighted by Gasteiger charge is 2.23. The molecule has 126 valence electrons. The third-order valence-electron chi connectivity index (χ3n) is 4.14. The molecule has 2 rings (SSSR count). The van der Waals surface area contributed by atoms with Crippen LogP contribution in [0.2, 0.25) is 0 Å². The van der Waals surface area contributed by atoms with E-state index in [0.29, 0.717) is 18.8 Å². The molecule has 1 fully saturated rings. The standard InChI is InChI=1S/C16H23FN4O2/c1-4-11(2)20(3)16(23)19-12-6-7-13(17)14(10-12)21-9-5-8-18-15(21)22/h6-7,10-11H,4-5,8-9H2,1-3H3,(H,18,22)(H,19,23). The molecule has 1 heterocycles. The third kappa shape index (κ3) is 3.91. The molecule has 1 saturated heterocycles. The average Bonchev–Trinajstić information content (AvgIpc) is 2.55. The van der Waals surface area contributed by atoms with Gasteiger partial charge in [-0.3, -0.25) is 4.90 Å². The maximum atomic E-state index is 14.1. The Bertz CT molecular complexity index is 593. The highest BCUT2D eigenvalue weighted by Crippen LogP contribution is 2.25. The van der Waals surface area contributed by atoms with Crippen LogP contribution < -0.4 is 15.5 Å². The van der Waals surface area contributed by atoms with Gasteiger partial charge in [-0.15, -0.1) is 0 Å². The van der Waals surface area contributed by atoms with E-state index in [2.05, 4.69) is 10.6 Å². The lowest BCUT2D eigenvalue weighted by molar-refractivity contribution is 0.206. The van der Waals surface area contributed by atoms with Gasteiger partial charge >= 0.3 is 12.1 Å². The summed E-state index contributed by atoms with van der Waals surface area (Å²) >= 11 is 0. The summed E-state index contributed by atoms with van der Waals surface area (Å²) in [6.07, 6.45) is 1.59. The molecular weight excluding hydrogens is 299 g/mol. The molecule has 0 saturated carbocycles. The van der Waals surface area contributed by atoms with Crippen LogP contribution in [0.5, 0.6) is 0 Å². The summed E-state index contributed by atoms with van der Waals surface area (Å²) < 4.78 is 14.1. The number of urea groups is 2. The predicted molar refractivity (Wildman–Crippen MR) is 88.3 cm³/mol. The van der Waals surface area contributed by atoms with E-state index in [0.717, 1.165) is 12.8 Å². The van der Waals surface area contributed by atoms with Gasteiger partial charge in [0.15, 0.2) is 0 Å². The summed E-state index contributed by atoms with van der Waals surface area (Å²) in [5.74, 6) is -0.490. The summed E-state index contributed by atoms with van der Waals surface area (Å²) in [5.41, 5.74) is 0.631. The first kappa shape index (κ1) is 17.1. The monoisotopic (exact) mass is 322 g/mol. The Morgan fingerprint density at radius 1 is 1.52 bits per heavy atom. The minimum absolute atomic E-state index is 0.0998. The van der Waals surface area contributed by atoms with E-state index in [1.807, 2.05) is 13.8 Å². The van der Waals surface area contributed by atoms with E-state index in [4.69, 9.17) is 0 Å². The van der Waals surface area contributed by atoms with E-state index >= 15 is 0 Å². The second-order valence-electron chi connectivity index (χ2n) is 5.70. The predicted octanol–water partition coefficient (Wildman–Crippen LogP) is 3.01. The van der Waals surface area contributed by atoms with Crippen molar-refractivity contribution in [1.29, 1.82) is 0 Å². The van der Waals surface area contributed by atoms with Crippen LogP contribution in [0.1, 0.15) is 26.7 Å². The molecule has 0 aromatic heterocycles. The second-order valence-corrected chi connectivity index (χ2v) is 5.70. The molecule has 1 aromatic rings. The van der Waals surface area contributed by atoms with E-state index in [-0.39, 0.29) is 23.8 Å². The maximum absolute atomic E-state index is 14.1. The molecule has 4 amide bonds. The van der Waals surface area contributed by atoms with E-state index < -0.39 is 5.82 Å². The largest absolute Gasteiger partial charge is 0.338 e. The lowest BCUT2D eigenvalue weighted by Crippen LogP contribution is -2.46. The summed E-state index contributed by atoms with van der Waals surface area (Å²) in [7, 11) is 1.71. The molecule has 1 unspecified atom stereocenters. The van der Waals surface area contributed by atoms with Crippen molar-refractivity contribution in [3.63, 3.8) is 0 Å². The van der Waals surface area contributed by atoms with Crippen molar-refractivity contribution in [3.05, 3.63) is 24.0 Å². The molecule has 0 spiro atoms. The molecule has 7 heteroatoms. The van der Waals surface area contributed by atoms with Crippen molar-refractivity contribution in [2.45, 2.75) is 32.7 Å². The number of halogens is 1. The zero-order valence-corrected chi connectivity index (χ0v) is 13.7. The summed E-state index contributed by atoms with van der Waals surface area (Å²) in [4.78, 5) is 27.0. The van der Waals surface area contributed by atoms with Crippen LogP contribution >= 0.6 is 0 Å². The Labute approximate surface area is 135 Å². The van der Waals surface area contributed by atoms with Gasteiger partial charge in [0.2, 0.25) is 0 Å². The molecule has 1 atom stereocenters. The molecule has 23 heavy (non-hydrogen) atoms. The molecule has 0 aliphatic carbocycles. The lowest BCUT2D eigenvalue weighted by Gasteiger charge is -2.28. The lowest BCUT2D eigenvalue weighted by atomic mass is 10.2. The molecule has 0 bridgehead atoms. The number of anilines is 2. The second kappa shape index (κ2) is 7.30. The van der Waals surface area contributed by atoms with Crippen molar-refractivity contribution < 1.29 is 14.0 Å². The summed E-state index contributed by atoms with van der Waals surface area (Å²) in [6, 6.07) is 3.75. The van der Waals surface area contributed by atoms with Gasteiger partial charge in [0.1, 0.15) is 5.82 Å². The Kier molecular flexibility index (Phi) is 5.41. The maximum Gasteiger partial charge on any atom is 0.321 e. The topological polar surface area (TPSA) is 64.7 Å². The van der Waals surface area contributed by atoms with Gasteiger partial charge in [0, 0.05) is 31.9 Å². The Morgan fingerprint density at radius 2 is 2.26 bits per heavy atom. The molecular formula is C16H23FN4O2. The third-order valence-corrected chi connectivity index (χ3v) is 4.14. The Balaban J connectivity index is 2.17. The van der Waals surface area contributed by atoms with Crippen LogP contribution in [0.15, 0.2) is 18.2 Å². The van der Waals surface area contributed by atoms with E-state index in [1.54, 1.807) is 11.9 Å². The smallest absolute Gasteiger partial charge is 0.321 e. The number of hydrogen-bond donors (Lipinski definition) is 2. The molecule has 6 nitrogen and oxygen atoms in total. The first-order valence-electron chi connectivity index (χ1n) is 7.82. The van der Waals surface area contributed by atoms with Crippen LogP contribution in [0.3, 0.4) is 0 Å². The quantitative estimate of drug-likeness (QED) is 0.895. The first-order valence-corrected chi connectivity index (χ1v) is 7.82. The summed E-state index contributed by atoms with van der Waals surface area (Å²) in [5, 5.41) is 5.42. The number of nitrogens with zero attached hydrogens (tertiary/aromatic N) is 2. The Hall–Kier alpha value is -2.31. The highest BCUT2D eigenvalue weighted by molar-refractivity contribution is 5.95. The number of nitrogens with one attached hydrogen (secondary N) is 2. The van der Waals surface area contributed by atoms with Gasteiger partial charge in [-0.2, -0.15) is 0 Å². The number of rotatable bonds is 4. The van der Waals surface area contributed by atoms with Gasteiger partial charge < -0.3 is 15.5 Å². The summed E-state index contributed by atoms with van der Waals surface area (Å²) in [6.45, 7) is 4.99. The van der Waals surface area contributed by atoms with Crippen LogP contribution in [0.4, 0.5) is 25.4 Å². The van der Waals surface area contributed by atoms with Crippen molar-refractivity contribution in [2.75, 3.05) is 30.4 Å². The molecule has 1 aliphatic heterocycles. The SMILES string of the molecule is CCC(C)N(C)C(=O)Nc1ccc(F)c(N2CCCNC2=O)c1. The van der Waals surface area contributed by atoms with Crippen LogP contribution in [0.25, 0.3) is 0 Å². The van der Waals surface area contributed by atoms with E-state index in [9.17, 15) is 14.0 Å². The van der Waals surface area contributed by atoms with Crippen molar-refractivity contribution in [3.8, 4) is 0 Å². The fourth-order valence-electron chi connectivity index (χ4n) is 2.34. The number of hydrogen-bond acceptors (Lipinski definition) is 2. The van der Waals surface area contributed by atoms with Crippen molar-refractivity contribution in [1.82, 2.24) is 10.2 Å². The van der Waals surface area contributed by atoms with E-state index in [1.165, 1.54) is 23.1 Å². The van der Waals surface area contributed by atoms with Crippen molar-refractivity contribution in [2.24, 2.45) is 0 Å². The highest BCUT2D eigenvalue weighted by atomic mass is 19.1. The zero-order chi connectivity index (χ0) is 17.0. The minimum atomic E-state index is -0.490. The molecule has 1 aliphatic rings. The first-order chi connectivity index (χ1) is 10.9. The van der Waals surface area contributed by atoms with Gasteiger partial charge in [0.05, 0.1) is 5.69 Å². The number of benzene rings is 1. The fourth-order valence-corrected chi connectivity index (χ4v) is 2.34. The molecule has 2 N–H and O–H groups in total. The Morgan fingerprint density at radius 3 is 2.91 bits per heavy atom. The van der Waals surface area contributed by atoms with Gasteiger partial charge in [0.25, 0.3) is 0 Å². The average molecular weight is 322 g/mol. The van der Waals surface area contributed by atoms with Gasteiger partial charge in [-0.1, -0.05) is 6.92 Å². The van der Waals surface area contributed by atoms with Crippen LogP contribution in [-0.4, -0.2) is 43.1 Å². The minimum Gasteiger partial charge on any atom is -0.338 e. The molecule has 0 radical (unpaired) electrons. The number of carbonyl (C=O) groups excluding carboxylic acids is 2. The van der Waals surface area contributed by atoms with Gasteiger partial charge in [-0.25, -0.2) is 14.0 Å². The zero-order valence-electron chi connectivity index (χ0n) is 13.7. The normalized spacial score (nSPS) is 15.8. The van der Waals surface area contributed by atoms with Crippen LogP contribution in [-0.2, 0) is 0 Å². The fraction of sp³-hybridized carbons (Fsp3) is 0.500. The number of amides is 4. The van der Waals surface area contributed by atoms with Gasteiger partial charge in [-0.05, 0) is 38.0 Å².